The highest BCUT2D eigenvalue weighted by atomic mass is 15.0. The first-order valence-corrected chi connectivity index (χ1v) is 9.93. The van der Waals surface area contributed by atoms with Crippen LogP contribution < -0.4 is 0 Å². The molecular formula is C26H18N4. The van der Waals surface area contributed by atoms with Crippen LogP contribution in [0.5, 0.6) is 0 Å². The molecule has 6 rings (SSSR count). The second-order valence-corrected chi connectivity index (χ2v) is 7.39. The number of nitrogens with zero attached hydrogens (tertiary/aromatic N) is 3. The van der Waals surface area contributed by atoms with Gasteiger partial charge in [0.15, 0.2) is 0 Å². The predicted molar refractivity (Wildman–Crippen MR) is 124 cm³/mol. The summed E-state index contributed by atoms with van der Waals surface area (Å²) in [4.78, 5) is 13.0. The fourth-order valence-electron chi connectivity index (χ4n) is 3.90. The fraction of sp³-hybridized carbons (Fsp3) is 0. The molecule has 0 radical (unpaired) electrons. The Morgan fingerprint density at radius 3 is 1.57 bits per heavy atom. The molecule has 0 fully saturated rings. The van der Waals surface area contributed by atoms with Gasteiger partial charge in [-0.3, -0.25) is 0 Å². The lowest BCUT2D eigenvalue weighted by molar-refractivity contribution is 1.17. The molecular weight excluding hydrogens is 368 g/mol. The number of benzene rings is 1. The number of fused-ring (bicyclic) bond motifs is 8. The third kappa shape index (κ3) is 3.05. The molecule has 30 heavy (non-hydrogen) atoms. The van der Waals surface area contributed by atoms with Gasteiger partial charge in [0.05, 0.1) is 22.8 Å². The number of para-hydroxylation sites is 1. The fourth-order valence-corrected chi connectivity index (χ4v) is 3.90. The van der Waals surface area contributed by atoms with E-state index in [1.54, 1.807) is 0 Å². The van der Waals surface area contributed by atoms with Gasteiger partial charge in [0, 0.05) is 27.8 Å². The lowest BCUT2D eigenvalue weighted by atomic mass is 10.3. The molecule has 4 nitrogen and oxygen atoms in total. The van der Waals surface area contributed by atoms with Crippen LogP contribution in [-0.2, 0) is 0 Å². The van der Waals surface area contributed by atoms with Crippen LogP contribution >= 0.6 is 0 Å². The van der Waals surface area contributed by atoms with Crippen LogP contribution in [0, 0.1) is 0 Å². The van der Waals surface area contributed by atoms with Crippen molar-refractivity contribution in [3.8, 4) is 5.69 Å². The van der Waals surface area contributed by atoms with E-state index in [4.69, 9.17) is 9.97 Å². The molecule has 0 aliphatic carbocycles. The van der Waals surface area contributed by atoms with Crippen molar-refractivity contribution >= 4 is 46.4 Å². The number of hydrogen-bond donors (Lipinski definition) is 1. The molecule has 1 aromatic carbocycles. The maximum absolute atomic E-state index is 4.78. The van der Waals surface area contributed by atoms with E-state index in [-0.39, 0.29) is 0 Å². The van der Waals surface area contributed by atoms with Crippen molar-refractivity contribution in [1.29, 1.82) is 0 Å². The molecule has 8 bridgehead atoms. The Kier molecular flexibility index (Phi) is 3.74. The highest BCUT2D eigenvalue weighted by Gasteiger charge is 2.06. The third-order valence-electron chi connectivity index (χ3n) is 5.25. The SMILES string of the molecule is C1=Cc2cc3ccc(cc4nc(cc5ccc(cc1n2)[nH]5)C=C4)n3-c1ccccc1. The number of nitrogens with one attached hydrogen (secondary N) is 1. The van der Waals surface area contributed by atoms with Crippen molar-refractivity contribution < 1.29 is 0 Å². The molecule has 3 aromatic heterocycles. The van der Waals surface area contributed by atoms with Crippen molar-refractivity contribution in [2.75, 3.05) is 0 Å². The summed E-state index contributed by atoms with van der Waals surface area (Å²) in [5.41, 5.74) is 9.02. The number of aromatic nitrogens is 4. The van der Waals surface area contributed by atoms with Crippen LogP contribution in [-0.4, -0.2) is 19.5 Å². The zero-order valence-electron chi connectivity index (χ0n) is 16.2. The van der Waals surface area contributed by atoms with Crippen LogP contribution in [0.3, 0.4) is 0 Å². The minimum absolute atomic E-state index is 0.931. The first-order valence-electron chi connectivity index (χ1n) is 9.93. The topological polar surface area (TPSA) is 46.5 Å². The normalized spacial score (nSPS) is 12.4. The number of hydrogen-bond acceptors (Lipinski definition) is 2. The second-order valence-electron chi connectivity index (χ2n) is 7.39. The van der Waals surface area contributed by atoms with Crippen molar-refractivity contribution in [3.63, 3.8) is 0 Å². The zero-order valence-corrected chi connectivity index (χ0v) is 16.2. The molecule has 142 valence electrons. The minimum atomic E-state index is 0.931. The molecule has 4 aromatic rings. The molecule has 1 N–H and O–H groups in total. The van der Waals surface area contributed by atoms with Crippen LogP contribution in [0.15, 0.2) is 78.9 Å². The Bertz CT molecular complexity index is 1390. The van der Waals surface area contributed by atoms with Crippen molar-refractivity contribution in [2.45, 2.75) is 0 Å². The van der Waals surface area contributed by atoms with Crippen LogP contribution in [0.2, 0.25) is 0 Å². The summed E-state index contributed by atoms with van der Waals surface area (Å²) in [6.07, 6.45) is 8.19. The maximum atomic E-state index is 4.78. The van der Waals surface area contributed by atoms with Gasteiger partial charge in [-0.25, -0.2) is 9.97 Å². The van der Waals surface area contributed by atoms with Gasteiger partial charge < -0.3 is 9.55 Å². The molecule has 4 heteroatoms. The first kappa shape index (κ1) is 16.7. The second kappa shape index (κ2) is 6.71. The lowest BCUT2D eigenvalue weighted by Crippen LogP contribution is -1.92. The highest BCUT2D eigenvalue weighted by molar-refractivity contribution is 5.78. The van der Waals surface area contributed by atoms with E-state index in [0.29, 0.717) is 0 Å². The number of H-pyrrole nitrogens is 1. The summed E-state index contributed by atoms with van der Waals surface area (Å²) >= 11 is 0. The Morgan fingerprint density at radius 1 is 0.533 bits per heavy atom. The average molecular weight is 386 g/mol. The third-order valence-corrected chi connectivity index (χ3v) is 5.25. The Hall–Kier alpha value is -4.18. The monoisotopic (exact) mass is 386 g/mol. The van der Waals surface area contributed by atoms with Gasteiger partial charge in [-0.2, -0.15) is 0 Å². The standard InChI is InChI=1S/C26H18N4/c1-2-4-24(5-3-1)30-25-12-13-26(30)17-23-11-9-21(29-23)15-19-7-6-18(27-19)14-20-8-10-22(16-25)28-20/h1-17,27H. The molecule has 0 saturated carbocycles. The van der Waals surface area contributed by atoms with Gasteiger partial charge >= 0.3 is 0 Å². The van der Waals surface area contributed by atoms with Crippen molar-refractivity contribution in [3.05, 3.63) is 102 Å². The van der Waals surface area contributed by atoms with E-state index in [0.717, 1.165) is 50.5 Å². The van der Waals surface area contributed by atoms with Crippen molar-refractivity contribution in [2.24, 2.45) is 0 Å². The molecule has 0 saturated heterocycles. The van der Waals surface area contributed by atoms with Crippen LogP contribution in [0.4, 0.5) is 0 Å². The molecule has 0 unspecified atom stereocenters. The van der Waals surface area contributed by atoms with Gasteiger partial charge in [0.2, 0.25) is 0 Å². The van der Waals surface area contributed by atoms with Crippen molar-refractivity contribution in [1.82, 2.24) is 19.5 Å². The first-order chi connectivity index (χ1) is 14.8. The lowest BCUT2D eigenvalue weighted by Gasteiger charge is -2.06. The van der Waals surface area contributed by atoms with E-state index in [1.165, 1.54) is 0 Å². The zero-order chi connectivity index (χ0) is 19.9. The van der Waals surface area contributed by atoms with E-state index >= 15 is 0 Å². The van der Waals surface area contributed by atoms with Gasteiger partial charge in [-0.1, -0.05) is 18.2 Å². The molecule has 0 amide bonds. The summed E-state index contributed by atoms with van der Waals surface area (Å²) in [6, 6.07) is 27.1. The van der Waals surface area contributed by atoms with Gasteiger partial charge in [0.1, 0.15) is 0 Å². The van der Waals surface area contributed by atoms with Gasteiger partial charge in [0.25, 0.3) is 0 Å². The smallest absolute Gasteiger partial charge is 0.0658 e. The summed E-state index contributed by atoms with van der Waals surface area (Å²) in [6.45, 7) is 0. The summed E-state index contributed by atoms with van der Waals surface area (Å²) in [5.74, 6) is 0. The molecule has 0 atom stereocenters. The molecule has 2 aliphatic heterocycles. The summed E-state index contributed by atoms with van der Waals surface area (Å²) in [5, 5.41) is 0. The van der Waals surface area contributed by atoms with Crippen LogP contribution in [0.25, 0.3) is 52.1 Å². The largest absolute Gasteiger partial charge is 0.355 e. The number of aromatic amines is 1. The van der Waals surface area contributed by atoms with Gasteiger partial charge in [-0.05, 0) is 85.0 Å². The van der Waals surface area contributed by atoms with E-state index in [9.17, 15) is 0 Å². The maximum Gasteiger partial charge on any atom is 0.0658 e. The highest BCUT2D eigenvalue weighted by Crippen LogP contribution is 2.22. The molecule has 2 aliphatic rings. The van der Waals surface area contributed by atoms with Crippen LogP contribution in [0.1, 0.15) is 22.8 Å². The Labute approximate surface area is 173 Å². The van der Waals surface area contributed by atoms with E-state index < -0.39 is 0 Å². The van der Waals surface area contributed by atoms with E-state index in [2.05, 4.69) is 94.5 Å². The van der Waals surface area contributed by atoms with Gasteiger partial charge in [-0.15, -0.1) is 0 Å². The minimum Gasteiger partial charge on any atom is -0.355 e. The summed E-state index contributed by atoms with van der Waals surface area (Å²) < 4.78 is 2.23. The average Bonchev–Trinajstić information content (AvgIpc) is 3.54. The Balaban J connectivity index is 1.72. The van der Waals surface area contributed by atoms with E-state index in [1.807, 2.05) is 18.2 Å². The molecule has 5 heterocycles. The molecule has 0 spiro atoms. The number of rotatable bonds is 1. The predicted octanol–water partition coefficient (Wildman–Crippen LogP) is 6.12. The Morgan fingerprint density at radius 2 is 1.03 bits per heavy atom. The quantitative estimate of drug-likeness (QED) is 0.370. The summed E-state index contributed by atoms with van der Waals surface area (Å²) in [7, 11) is 0.